The Hall–Kier alpha value is 0. The predicted octanol–water partition coefficient (Wildman–Crippen LogP) is 23.8. The van der Waals surface area contributed by atoms with Crippen molar-refractivity contribution in [3.63, 3.8) is 0 Å². The quantitative estimate of drug-likeness (QED) is 0.250. The highest BCUT2D eigenvalue weighted by atomic mass is 14.4. The summed E-state index contributed by atoms with van der Waals surface area (Å²) in [6, 6.07) is 0. The van der Waals surface area contributed by atoms with Gasteiger partial charge < -0.3 is 0 Å². The third-order valence-electron chi connectivity index (χ3n) is 9.14. The lowest BCUT2D eigenvalue weighted by atomic mass is 9.88. The highest BCUT2D eigenvalue weighted by Crippen LogP contribution is 2.43. The summed E-state index contributed by atoms with van der Waals surface area (Å²) in [6.07, 6.45) is 26.8. The maximum Gasteiger partial charge on any atom is -0.0354 e. The summed E-state index contributed by atoms with van der Waals surface area (Å²) in [5, 5.41) is 0. The summed E-state index contributed by atoms with van der Waals surface area (Å²) in [5.74, 6) is 7.99. The molecular weight excluding hydrogens is 709 g/mol. The van der Waals surface area contributed by atoms with Crippen molar-refractivity contribution in [2.75, 3.05) is 0 Å². The molecule has 0 saturated heterocycles. The molecule has 372 valence electrons. The van der Waals surface area contributed by atoms with E-state index in [1.54, 1.807) is 0 Å². The molecule has 0 radical (unpaired) electrons. The number of rotatable bonds is 6. The van der Waals surface area contributed by atoms with Crippen molar-refractivity contribution in [2.24, 2.45) is 58.2 Å². The molecule has 0 heteroatoms. The molecule has 0 nitrogen and oxygen atoms in total. The second kappa shape index (κ2) is 62.3. The lowest BCUT2D eigenvalue weighted by Crippen LogP contribution is -2.04. The van der Waals surface area contributed by atoms with Crippen molar-refractivity contribution in [3.05, 3.63) is 0 Å². The van der Waals surface area contributed by atoms with Crippen LogP contribution in [0.2, 0.25) is 0 Å². The molecule has 5 rings (SSSR count). The van der Waals surface area contributed by atoms with Crippen LogP contribution in [0.5, 0.6) is 0 Å². The van der Waals surface area contributed by atoms with E-state index in [-0.39, 0.29) is 0 Å². The van der Waals surface area contributed by atoms with Gasteiger partial charge in [-0.1, -0.05) is 310 Å². The van der Waals surface area contributed by atoms with Gasteiger partial charge in [0.25, 0.3) is 0 Å². The molecule has 0 heterocycles. The van der Waals surface area contributed by atoms with Gasteiger partial charge >= 0.3 is 0 Å². The second-order valence-corrected chi connectivity index (χ2v) is 21.8. The lowest BCUT2D eigenvalue weighted by Gasteiger charge is -2.18. The van der Waals surface area contributed by atoms with Crippen LogP contribution in [0.1, 0.15) is 330 Å². The van der Waals surface area contributed by atoms with Crippen molar-refractivity contribution in [2.45, 2.75) is 330 Å². The molecule has 0 spiro atoms. The lowest BCUT2D eigenvalue weighted by molar-refractivity contribution is 0.346. The van der Waals surface area contributed by atoms with Crippen molar-refractivity contribution in [3.8, 4) is 0 Å². The molecule has 0 aromatic heterocycles. The first-order valence-corrected chi connectivity index (χ1v) is 27.2. The SMILES string of the molecule is CC.CC.CC(C)(C)C.CC(C)C.CC1(C)CC1.CC1CC1.CC1CCC1.CC1C[C@H]1C.CCC.CCC(C)C.CCC(C)C.CCC1CC1.CCCC.CCCCC. The summed E-state index contributed by atoms with van der Waals surface area (Å²) in [4.78, 5) is 0. The van der Waals surface area contributed by atoms with E-state index in [9.17, 15) is 0 Å². The van der Waals surface area contributed by atoms with Crippen molar-refractivity contribution >= 4 is 0 Å². The molecule has 0 amide bonds. The summed E-state index contributed by atoms with van der Waals surface area (Å²) in [5.41, 5.74) is 1.25. The average Bonchev–Trinajstić information content (AvgIpc) is 3.95. The minimum absolute atomic E-state index is 0.500. The fourth-order valence-electron chi connectivity index (χ4n) is 2.42. The molecule has 0 N–H and O–H groups in total. The first-order valence-electron chi connectivity index (χ1n) is 27.2. The third-order valence-corrected chi connectivity index (χ3v) is 9.14. The van der Waals surface area contributed by atoms with Crippen LogP contribution in [0.4, 0.5) is 0 Å². The molecule has 1 unspecified atom stereocenters. The highest BCUT2D eigenvalue weighted by Gasteiger charge is 2.30. The normalized spacial score (nSPS) is 17.6. The third kappa shape index (κ3) is 178. The molecule has 0 aromatic carbocycles. The summed E-state index contributed by atoms with van der Waals surface area (Å²) in [7, 11) is 0. The van der Waals surface area contributed by atoms with E-state index in [1.807, 2.05) is 27.7 Å². The van der Waals surface area contributed by atoms with Gasteiger partial charge in [0.1, 0.15) is 0 Å². The van der Waals surface area contributed by atoms with Crippen LogP contribution < -0.4 is 0 Å². The Morgan fingerprint density at radius 1 is 0.492 bits per heavy atom. The predicted molar refractivity (Wildman–Crippen MR) is 291 cm³/mol. The molecule has 0 bridgehead atoms. The molecule has 5 aliphatic rings. The number of unbranched alkanes of at least 4 members (excludes halogenated alkanes) is 3. The van der Waals surface area contributed by atoms with Gasteiger partial charge in [0, 0.05) is 0 Å². The zero-order valence-electron chi connectivity index (χ0n) is 49.1. The van der Waals surface area contributed by atoms with Gasteiger partial charge in [-0.2, -0.15) is 0 Å². The van der Waals surface area contributed by atoms with Crippen LogP contribution in [-0.4, -0.2) is 0 Å². The van der Waals surface area contributed by atoms with Crippen molar-refractivity contribution in [1.82, 2.24) is 0 Å². The summed E-state index contributed by atoms with van der Waals surface area (Å²) < 4.78 is 0. The minimum Gasteiger partial charge on any atom is -0.0683 e. The van der Waals surface area contributed by atoms with Gasteiger partial charge in [0.2, 0.25) is 0 Å². The molecule has 5 saturated carbocycles. The molecular formula is C59H136. The first-order chi connectivity index (χ1) is 27.2. The largest absolute Gasteiger partial charge is 0.0683 e. The minimum atomic E-state index is 0.500. The van der Waals surface area contributed by atoms with Gasteiger partial charge in [-0.15, -0.1) is 0 Å². The van der Waals surface area contributed by atoms with E-state index in [0.717, 1.165) is 52.8 Å². The van der Waals surface area contributed by atoms with Crippen molar-refractivity contribution < 1.29 is 0 Å². The van der Waals surface area contributed by atoms with E-state index in [4.69, 9.17) is 0 Å². The van der Waals surface area contributed by atoms with E-state index in [2.05, 4.69) is 180 Å². The highest BCUT2D eigenvalue weighted by molar-refractivity contribution is 4.82. The van der Waals surface area contributed by atoms with Crippen LogP contribution in [0, 0.1) is 58.2 Å². The molecule has 2 atom stereocenters. The van der Waals surface area contributed by atoms with Crippen LogP contribution >= 0.6 is 0 Å². The Morgan fingerprint density at radius 2 is 0.695 bits per heavy atom. The van der Waals surface area contributed by atoms with E-state index >= 15 is 0 Å². The van der Waals surface area contributed by atoms with Crippen LogP contribution in [0.25, 0.3) is 0 Å². The Bertz CT molecular complexity index is 553. The van der Waals surface area contributed by atoms with Crippen molar-refractivity contribution in [1.29, 1.82) is 0 Å². The second-order valence-electron chi connectivity index (χ2n) is 21.8. The summed E-state index contributed by atoms with van der Waals surface area (Å²) >= 11 is 0. The van der Waals surface area contributed by atoms with Gasteiger partial charge in [-0.3, -0.25) is 0 Å². The van der Waals surface area contributed by atoms with Gasteiger partial charge in [0.15, 0.2) is 0 Å². The Labute approximate surface area is 386 Å². The number of hydrogen-bond acceptors (Lipinski definition) is 0. The van der Waals surface area contributed by atoms with E-state index < -0.39 is 0 Å². The fourth-order valence-corrected chi connectivity index (χ4v) is 2.42. The summed E-state index contributed by atoms with van der Waals surface area (Å²) in [6.45, 7) is 65.6. The van der Waals surface area contributed by atoms with E-state index in [1.165, 1.54) is 122 Å². The Kier molecular flexibility index (Phi) is 83.8. The average molecular weight is 846 g/mol. The molecule has 5 fully saturated rings. The van der Waals surface area contributed by atoms with Gasteiger partial charge in [-0.25, -0.2) is 0 Å². The van der Waals surface area contributed by atoms with Crippen LogP contribution in [-0.2, 0) is 0 Å². The van der Waals surface area contributed by atoms with Gasteiger partial charge in [0.05, 0.1) is 0 Å². The zero-order valence-corrected chi connectivity index (χ0v) is 49.1. The maximum atomic E-state index is 2.31. The first kappa shape index (κ1) is 79.4. The smallest absolute Gasteiger partial charge is 0.0354 e. The zero-order chi connectivity index (χ0) is 49.1. The molecule has 0 aliphatic heterocycles. The molecule has 59 heavy (non-hydrogen) atoms. The van der Waals surface area contributed by atoms with E-state index in [0.29, 0.717) is 5.41 Å². The number of hydrogen-bond donors (Lipinski definition) is 0. The van der Waals surface area contributed by atoms with Crippen LogP contribution in [0.3, 0.4) is 0 Å². The van der Waals surface area contributed by atoms with Crippen LogP contribution in [0.15, 0.2) is 0 Å². The van der Waals surface area contributed by atoms with Gasteiger partial charge in [-0.05, 0) is 77.4 Å². The fraction of sp³-hybridized carbons (Fsp3) is 1.00. The molecule has 5 aliphatic carbocycles. The Balaban J connectivity index is -0.0000000657. The monoisotopic (exact) mass is 845 g/mol. The Morgan fingerprint density at radius 3 is 0.695 bits per heavy atom. The maximum absolute atomic E-state index is 2.31. The molecule has 0 aromatic rings. The topological polar surface area (TPSA) is 0 Å². The standard InChI is InChI=1S/4C5H10.4C5H12.C4H8.2C4H10.C3H8.2C2H6/c1-5(2)3-4-5;1-4-3-5(4)2;1-5-3-2-4-5;1-2-5-3-4-5;1-5(2,3)4;2*1-4-5(2)3;1-3-5-4-2;1-4-2-3-4;1-4(2)3;1-3-4-2;1-3-2;2*1-2/h3-4H2,1-2H3;4-5H,3H2,1-2H3;2*5H,2-4H2,1H3;1-4H3;2*5H,4H2,1-3H3;3-5H2,1-2H3;4H,2-3H2,1H3;4H,1-3H3;3-4H2,1-2H3;3H2,1-2H3;2*1-2H3/t;4-,5?;;;;;;;;;;;;/m.1............/s1.